The van der Waals surface area contributed by atoms with E-state index >= 15 is 0 Å². The van der Waals surface area contributed by atoms with Crippen LogP contribution in [0.1, 0.15) is 36.0 Å². The van der Waals surface area contributed by atoms with Crippen LogP contribution in [0, 0.1) is 12.8 Å². The predicted octanol–water partition coefficient (Wildman–Crippen LogP) is 3.62. The van der Waals surface area contributed by atoms with Crippen molar-refractivity contribution in [1.29, 1.82) is 0 Å². The molecule has 24 heavy (non-hydrogen) atoms. The Hall–Kier alpha value is -1.43. The summed E-state index contributed by atoms with van der Waals surface area (Å²) in [5.74, 6) is 1.29. The molecule has 2 heterocycles. The first-order valence-electron chi connectivity index (χ1n) is 8.61. The third kappa shape index (κ3) is 4.56. The van der Waals surface area contributed by atoms with E-state index in [1.807, 2.05) is 12.1 Å². The smallest absolute Gasteiger partial charge is 0.140 e. The second-order valence-electron chi connectivity index (χ2n) is 6.74. The number of aliphatic hydroxyl groups is 1. The van der Waals surface area contributed by atoms with Gasteiger partial charge in [-0.05, 0) is 44.7 Å². The van der Waals surface area contributed by atoms with Crippen molar-refractivity contribution in [1.82, 2.24) is 9.88 Å². The number of nitrogens with zero attached hydrogens (tertiary/aromatic N) is 2. The lowest BCUT2D eigenvalue weighted by molar-refractivity contribution is 0.0763. The van der Waals surface area contributed by atoms with Gasteiger partial charge >= 0.3 is 0 Å². The molecule has 1 fully saturated rings. The highest BCUT2D eigenvalue weighted by atomic mass is 32.1. The first-order valence-corrected chi connectivity index (χ1v) is 9.49. The summed E-state index contributed by atoms with van der Waals surface area (Å²) < 4.78 is 5.81. The Balaban J connectivity index is 1.54. The molecule has 1 aromatic carbocycles. The van der Waals surface area contributed by atoms with Gasteiger partial charge in [-0.25, -0.2) is 4.98 Å². The molecule has 1 aliphatic heterocycles. The van der Waals surface area contributed by atoms with Gasteiger partial charge in [0.1, 0.15) is 17.4 Å². The van der Waals surface area contributed by atoms with Crippen molar-refractivity contribution in [3.05, 3.63) is 45.9 Å². The van der Waals surface area contributed by atoms with Gasteiger partial charge in [-0.2, -0.15) is 0 Å². The highest BCUT2D eigenvalue weighted by molar-refractivity contribution is 7.09. The van der Waals surface area contributed by atoms with Gasteiger partial charge in [0, 0.05) is 31.1 Å². The molecule has 0 radical (unpaired) electrons. The van der Waals surface area contributed by atoms with E-state index in [2.05, 4.69) is 36.3 Å². The summed E-state index contributed by atoms with van der Waals surface area (Å²) in [5, 5.41) is 12.5. The lowest BCUT2D eigenvalue weighted by Gasteiger charge is -2.36. The average molecular weight is 346 g/mol. The van der Waals surface area contributed by atoms with Crippen molar-refractivity contribution in [3.63, 3.8) is 0 Å². The molecule has 4 nitrogen and oxygen atoms in total. The quantitative estimate of drug-likeness (QED) is 0.868. The van der Waals surface area contributed by atoms with Gasteiger partial charge in [0.2, 0.25) is 0 Å². The van der Waals surface area contributed by atoms with E-state index in [-0.39, 0.29) is 6.61 Å². The summed E-state index contributed by atoms with van der Waals surface area (Å²) in [6, 6.07) is 8.65. The maximum Gasteiger partial charge on any atom is 0.140 e. The highest BCUT2D eigenvalue weighted by Gasteiger charge is 2.25. The number of aliphatic hydroxyl groups excluding tert-OH is 1. The van der Waals surface area contributed by atoms with Crippen LogP contribution >= 0.6 is 11.3 Å². The fourth-order valence-electron chi connectivity index (χ4n) is 3.11. The topological polar surface area (TPSA) is 45.6 Å². The predicted molar refractivity (Wildman–Crippen MR) is 97.3 cm³/mol. The van der Waals surface area contributed by atoms with Crippen molar-refractivity contribution < 1.29 is 9.84 Å². The van der Waals surface area contributed by atoms with Crippen LogP contribution in [0.2, 0.25) is 0 Å². The Morgan fingerprint density at radius 1 is 1.29 bits per heavy atom. The van der Waals surface area contributed by atoms with Crippen molar-refractivity contribution in [2.24, 2.45) is 5.92 Å². The van der Waals surface area contributed by atoms with Crippen LogP contribution in [0.3, 0.4) is 0 Å². The molecule has 0 aliphatic carbocycles. The molecule has 2 atom stereocenters. The first-order chi connectivity index (χ1) is 11.6. The number of hydrogen-bond donors (Lipinski definition) is 1. The minimum atomic E-state index is 0.288. The number of piperidine rings is 1. The van der Waals surface area contributed by atoms with Gasteiger partial charge in [-0.3, -0.25) is 4.90 Å². The minimum absolute atomic E-state index is 0.288. The third-order valence-electron chi connectivity index (χ3n) is 4.71. The van der Waals surface area contributed by atoms with Crippen molar-refractivity contribution in [2.75, 3.05) is 13.2 Å². The van der Waals surface area contributed by atoms with Crippen LogP contribution in [0.5, 0.6) is 5.75 Å². The van der Waals surface area contributed by atoms with Crippen LogP contribution in [0.25, 0.3) is 0 Å². The first kappa shape index (κ1) is 17.4. The van der Waals surface area contributed by atoms with Gasteiger partial charge in [0.15, 0.2) is 0 Å². The lowest BCUT2D eigenvalue weighted by atomic mass is 9.94. The normalized spacial score (nSPS) is 21.8. The van der Waals surface area contributed by atoms with E-state index in [0.29, 0.717) is 18.6 Å². The molecule has 0 spiro atoms. The molecule has 3 rings (SSSR count). The van der Waals surface area contributed by atoms with Crippen LogP contribution in [-0.4, -0.2) is 34.2 Å². The van der Waals surface area contributed by atoms with Crippen LogP contribution in [-0.2, 0) is 13.2 Å². The Morgan fingerprint density at radius 2 is 2.08 bits per heavy atom. The molecule has 0 bridgehead atoms. The molecule has 1 saturated heterocycles. The Morgan fingerprint density at radius 3 is 2.83 bits per heavy atom. The number of thiazole rings is 1. The van der Waals surface area contributed by atoms with Crippen LogP contribution in [0.4, 0.5) is 0 Å². The van der Waals surface area contributed by atoms with Crippen molar-refractivity contribution in [3.8, 4) is 5.75 Å². The third-order valence-corrected chi connectivity index (χ3v) is 5.59. The number of benzene rings is 1. The maximum atomic E-state index is 9.40. The number of likely N-dealkylation sites (tertiary alicyclic amines) is 1. The molecule has 5 heteroatoms. The SMILES string of the molecule is Cc1ccc(OCc2nc(CN3CC(CO)CCC3C)cs2)cc1. The van der Waals surface area contributed by atoms with Crippen LogP contribution in [0.15, 0.2) is 29.6 Å². The molecule has 1 aromatic heterocycles. The highest BCUT2D eigenvalue weighted by Crippen LogP contribution is 2.24. The summed E-state index contributed by atoms with van der Waals surface area (Å²) in [7, 11) is 0. The van der Waals surface area contributed by atoms with Gasteiger partial charge in [0.05, 0.1) is 5.69 Å². The van der Waals surface area contributed by atoms with Gasteiger partial charge in [0.25, 0.3) is 0 Å². The Labute approximate surface area is 148 Å². The Kier molecular flexibility index (Phi) is 5.87. The van der Waals surface area contributed by atoms with Crippen LogP contribution < -0.4 is 4.74 Å². The molecule has 1 aliphatic rings. The van der Waals surface area contributed by atoms with Crippen molar-refractivity contribution >= 4 is 11.3 Å². The van der Waals surface area contributed by atoms with Gasteiger partial charge in [-0.15, -0.1) is 11.3 Å². The number of hydrogen-bond acceptors (Lipinski definition) is 5. The van der Waals surface area contributed by atoms with E-state index < -0.39 is 0 Å². The summed E-state index contributed by atoms with van der Waals surface area (Å²) >= 11 is 1.66. The largest absolute Gasteiger partial charge is 0.486 e. The van der Waals surface area contributed by atoms with Crippen molar-refractivity contribution in [2.45, 2.75) is 45.9 Å². The monoisotopic (exact) mass is 346 g/mol. The van der Waals surface area contributed by atoms with E-state index in [1.54, 1.807) is 11.3 Å². The minimum Gasteiger partial charge on any atom is -0.486 e. The molecule has 130 valence electrons. The Bertz CT molecular complexity index is 641. The van der Waals surface area contributed by atoms with E-state index in [4.69, 9.17) is 9.72 Å². The number of aryl methyl sites for hydroxylation is 1. The fraction of sp³-hybridized carbons (Fsp3) is 0.526. The molecule has 0 amide bonds. The molecule has 2 unspecified atom stereocenters. The second-order valence-corrected chi connectivity index (χ2v) is 7.68. The number of rotatable bonds is 6. The standard InChI is InChI=1S/C19H26N2O2S/c1-14-3-7-18(8-4-14)23-12-19-20-17(13-24-19)10-21-9-16(11-22)6-5-15(21)2/h3-4,7-8,13,15-16,22H,5-6,9-12H2,1-2H3. The van der Waals surface area contributed by atoms with E-state index in [0.717, 1.165) is 42.4 Å². The van der Waals surface area contributed by atoms with E-state index in [9.17, 15) is 5.11 Å². The molecule has 2 aromatic rings. The summed E-state index contributed by atoms with van der Waals surface area (Å²) in [4.78, 5) is 7.15. The molecule has 0 saturated carbocycles. The number of aromatic nitrogens is 1. The zero-order valence-electron chi connectivity index (χ0n) is 14.4. The maximum absolute atomic E-state index is 9.40. The molecular formula is C19H26N2O2S. The number of ether oxygens (including phenoxy) is 1. The zero-order chi connectivity index (χ0) is 16.9. The lowest BCUT2D eigenvalue weighted by Crippen LogP contribution is -2.42. The summed E-state index contributed by atoms with van der Waals surface area (Å²) in [6.45, 7) is 6.96. The fourth-order valence-corrected chi connectivity index (χ4v) is 3.80. The van der Waals surface area contributed by atoms with Gasteiger partial charge in [-0.1, -0.05) is 17.7 Å². The zero-order valence-corrected chi connectivity index (χ0v) is 15.3. The summed E-state index contributed by atoms with van der Waals surface area (Å²) in [5.41, 5.74) is 2.34. The van der Waals surface area contributed by atoms with Gasteiger partial charge < -0.3 is 9.84 Å². The molecular weight excluding hydrogens is 320 g/mol. The van der Waals surface area contributed by atoms with E-state index in [1.165, 1.54) is 5.56 Å². The summed E-state index contributed by atoms with van der Waals surface area (Å²) in [6.07, 6.45) is 2.28. The average Bonchev–Trinajstić information content (AvgIpc) is 3.04. The second kappa shape index (κ2) is 8.10. The molecule has 1 N–H and O–H groups in total.